The summed E-state index contributed by atoms with van der Waals surface area (Å²) in [5, 5.41) is 12.7. The molecular weight excluding hydrogens is 925 g/mol. The first-order chi connectivity index (χ1) is 37.2. The van der Waals surface area contributed by atoms with Crippen LogP contribution in [0.15, 0.2) is 279 Å². The average molecular weight is 971 g/mol. The lowest BCUT2D eigenvalue weighted by Crippen LogP contribution is -2.11. The van der Waals surface area contributed by atoms with Crippen molar-refractivity contribution in [1.82, 2.24) is 4.57 Å². The standard InChI is InChI=1S/C72H46N2S/c1-2-15-47(16-3-1)66-46-54(53-32-31-52-30-29-48-17-4-6-19-57(48)65(52)45-53)38-44-70(66)73(56-41-35-51(36-42-56)60-24-14-25-63-64-43-37-49-18-5-7-21-59(49)72(64)75-71(60)63)55-39-33-50(34-40-55)58-20-8-11-26-67(58)74-68-27-12-9-22-61(68)62-23-10-13-28-69(62)74/h1-46H. The van der Waals surface area contributed by atoms with Crippen LogP contribution in [-0.2, 0) is 0 Å². The van der Waals surface area contributed by atoms with E-state index in [9.17, 15) is 0 Å². The Balaban J connectivity index is 0.892. The molecule has 75 heavy (non-hydrogen) atoms. The third-order valence-corrected chi connectivity index (χ3v) is 16.7. The molecular formula is C72H46N2S. The highest BCUT2D eigenvalue weighted by Crippen LogP contribution is 2.47. The van der Waals surface area contributed by atoms with Crippen LogP contribution in [-0.4, -0.2) is 4.57 Å². The maximum absolute atomic E-state index is 2.44. The van der Waals surface area contributed by atoms with Gasteiger partial charge in [-0.05, 0) is 126 Å². The number of anilines is 3. The topological polar surface area (TPSA) is 8.17 Å². The molecule has 0 aliphatic heterocycles. The Morgan fingerprint density at radius 2 is 0.747 bits per heavy atom. The zero-order valence-electron chi connectivity index (χ0n) is 40.9. The molecule has 0 N–H and O–H groups in total. The van der Waals surface area contributed by atoms with Crippen molar-refractivity contribution >= 4 is 103 Å². The number of para-hydroxylation sites is 3. The molecule has 3 heteroatoms. The molecule has 0 atom stereocenters. The van der Waals surface area contributed by atoms with Crippen LogP contribution >= 0.6 is 11.3 Å². The van der Waals surface area contributed by atoms with Gasteiger partial charge in [0.15, 0.2) is 0 Å². The van der Waals surface area contributed by atoms with Gasteiger partial charge in [-0.3, -0.25) is 0 Å². The molecule has 0 saturated carbocycles. The van der Waals surface area contributed by atoms with Crippen molar-refractivity contribution in [2.45, 2.75) is 0 Å². The summed E-state index contributed by atoms with van der Waals surface area (Å²) in [7, 11) is 0. The lowest BCUT2D eigenvalue weighted by atomic mass is 9.93. The Bertz CT molecular complexity index is 4640. The fourth-order valence-electron chi connectivity index (χ4n) is 11.8. The van der Waals surface area contributed by atoms with E-state index in [0.717, 1.165) is 39.4 Å². The number of rotatable bonds is 8. The summed E-state index contributed by atoms with van der Waals surface area (Å²) < 4.78 is 5.08. The molecule has 0 bridgehead atoms. The summed E-state index contributed by atoms with van der Waals surface area (Å²) in [4.78, 5) is 2.44. The Hall–Kier alpha value is -9.54. The molecule has 0 fully saturated rings. The van der Waals surface area contributed by atoms with Gasteiger partial charge in [-0.1, -0.05) is 218 Å². The summed E-state index contributed by atoms with van der Waals surface area (Å²) in [6.07, 6.45) is 0. The van der Waals surface area contributed by atoms with E-state index < -0.39 is 0 Å². The molecule has 350 valence electrons. The SMILES string of the molecule is c1ccc(-c2cc(-c3ccc4ccc5ccccc5c4c3)ccc2N(c2ccc(-c3ccccc3-n3c4ccccc4c4ccccc43)cc2)c2ccc(-c3cccc4c3sc3c5ccccc5ccc43)cc2)cc1. The maximum Gasteiger partial charge on any atom is 0.0541 e. The molecule has 2 nitrogen and oxygen atoms in total. The van der Waals surface area contributed by atoms with Gasteiger partial charge in [-0.2, -0.15) is 0 Å². The van der Waals surface area contributed by atoms with Crippen LogP contribution in [0.25, 0.3) is 124 Å². The van der Waals surface area contributed by atoms with Gasteiger partial charge in [0.1, 0.15) is 0 Å². The third kappa shape index (κ3) is 7.16. The van der Waals surface area contributed by atoms with E-state index in [4.69, 9.17) is 0 Å². The lowest BCUT2D eigenvalue weighted by molar-refractivity contribution is 1.18. The molecule has 0 aliphatic carbocycles. The minimum Gasteiger partial charge on any atom is -0.310 e. The summed E-state index contributed by atoms with van der Waals surface area (Å²) in [6, 6.07) is 103. The van der Waals surface area contributed by atoms with Crippen LogP contribution in [0.4, 0.5) is 17.1 Å². The molecule has 2 heterocycles. The van der Waals surface area contributed by atoms with Gasteiger partial charge in [-0.15, -0.1) is 11.3 Å². The Labute approximate surface area is 438 Å². The van der Waals surface area contributed by atoms with Crippen molar-refractivity contribution in [3.05, 3.63) is 279 Å². The van der Waals surface area contributed by atoms with Crippen LogP contribution in [0.5, 0.6) is 0 Å². The molecule has 0 unspecified atom stereocenters. The minimum absolute atomic E-state index is 1.07. The van der Waals surface area contributed by atoms with Gasteiger partial charge >= 0.3 is 0 Å². The Morgan fingerprint density at radius 3 is 1.48 bits per heavy atom. The smallest absolute Gasteiger partial charge is 0.0541 e. The van der Waals surface area contributed by atoms with Crippen molar-refractivity contribution in [1.29, 1.82) is 0 Å². The van der Waals surface area contributed by atoms with E-state index in [-0.39, 0.29) is 0 Å². The largest absolute Gasteiger partial charge is 0.310 e. The number of fused-ring (bicyclic) bond motifs is 11. The van der Waals surface area contributed by atoms with E-state index in [0.29, 0.717) is 0 Å². The predicted octanol–water partition coefficient (Wildman–Crippen LogP) is 20.7. The summed E-state index contributed by atoms with van der Waals surface area (Å²) in [5.74, 6) is 0. The second-order valence-corrected chi connectivity index (χ2v) is 20.6. The highest BCUT2D eigenvalue weighted by Gasteiger charge is 2.21. The van der Waals surface area contributed by atoms with Gasteiger partial charge in [-0.25, -0.2) is 0 Å². The highest BCUT2D eigenvalue weighted by molar-refractivity contribution is 7.27. The number of nitrogens with zero attached hydrogens (tertiary/aromatic N) is 2. The Kier molecular flexibility index (Phi) is 10.1. The number of aromatic nitrogens is 1. The number of thiophene rings is 1. The van der Waals surface area contributed by atoms with Crippen LogP contribution in [0.3, 0.4) is 0 Å². The molecule has 15 rings (SSSR count). The van der Waals surface area contributed by atoms with Crippen molar-refractivity contribution in [3.8, 4) is 50.2 Å². The second-order valence-electron chi connectivity index (χ2n) is 19.6. The van der Waals surface area contributed by atoms with E-state index in [1.807, 2.05) is 11.3 Å². The van der Waals surface area contributed by atoms with Crippen molar-refractivity contribution < 1.29 is 0 Å². The number of benzene rings is 13. The quantitative estimate of drug-likeness (QED) is 0.138. The molecule has 13 aromatic carbocycles. The first-order valence-corrected chi connectivity index (χ1v) is 26.5. The molecule has 0 spiro atoms. The van der Waals surface area contributed by atoms with Crippen LogP contribution in [0.1, 0.15) is 0 Å². The van der Waals surface area contributed by atoms with E-state index in [2.05, 4.69) is 289 Å². The average Bonchev–Trinajstić information content (AvgIpc) is 4.08. The zero-order valence-corrected chi connectivity index (χ0v) is 41.7. The molecule has 0 saturated heterocycles. The van der Waals surface area contributed by atoms with Gasteiger partial charge < -0.3 is 9.47 Å². The summed E-state index contributed by atoms with van der Waals surface area (Å²) in [6.45, 7) is 0. The fourth-order valence-corrected chi connectivity index (χ4v) is 13.2. The van der Waals surface area contributed by atoms with Crippen LogP contribution in [0, 0.1) is 0 Å². The zero-order chi connectivity index (χ0) is 49.4. The first kappa shape index (κ1) is 43.1. The van der Waals surface area contributed by atoms with Crippen molar-refractivity contribution in [2.24, 2.45) is 0 Å². The summed E-state index contributed by atoms with van der Waals surface area (Å²) >= 11 is 1.91. The third-order valence-electron chi connectivity index (χ3n) is 15.4. The lowest BCUT2D eigenvalue weighted by Gasteiger charge is -2.29. The van der Waals surface area contributed by atoms with Crippen molar-refractivity contribution in [2.75, 3.05) is 4.90 Å². The monoisotopic (exact) mass is 970 g/mol. The highest BCUT2D eigenvalue weighted by atomic mass is 32.1. The maximum atomic E-state index is 2.44. The van der Waals surface area contributed by atoms with Crippen LogP contribution in [0.2, 0.25) is 0 Å². The van der Waals surface area contributed by atoms with Gasteiger partial charge in [0, 0.05) is 53.4 Å². The van der Waals surface area contributed by atoms with Crippen LogP contribution < -0.4 is 4.90 Å². The number of hydrogen-bond donors (Lipinski definition) is 0. The minimum atomic E-state index is 1.07. The molecule has 0 amide bonds. The summed E-state index contributed by atoms with van der Waals surface area (Å²) in [5.41, 5.74) is 16.2. The first-order valence-electron chi connectivity index (χ1n) is 25.7. The van der Waals surface area contributed by atoms with E-state index in [1.54, 1.807) is 0 Å². The molecule has 2 aromatic heterocycles. The van der Waals surface area contributed by atoms with E-state index >= 15 is 0 Å². The van der Waals surface area contributed by atoms with Gasteiger partial charge in [0.05, 0.1) is 22.4 Å². The molecule has 15 aromatic rings. The van der Waals surface area contributed by atoms with Crippen molar-refractivity contribution in [3.63, 3.8) is 0 Å². The van der Waals surface area contributed by atoms with E-state index in [1.165, 1.54) is 102 Å². The molecule has 0 radical (unpaired) electrons. The number of hydrogen-bond acceptors (Lipinski definition) is 2. The molecule has 0 aliphatic rings. The Morgan fingerprint density at radius 1 is 0.267 bits per heavy atom. The predicted molar refractivity (Wildman–Crippen MR) is 323 cm³/mol. The van der Waals surface area contributed by atoms with Gasteiger partial charge in [0.25, 0.3) is 0 Å². The second kappa shape index (κ2) is 17.6. The van der Waals surface area contributed by atoms with Gasteiger partial charge in [0.2, 0.25) is 0 Å². The fraction of sp³-hybridized carbons (Fsp3) is 0. The normalized spacial score (nSPS) is 11.7.